The molecule has 1 amide bonds. The largest absolute Gasteiger partial charge is 0.378 e. The average molecular weight is 447 g/mol. The molecule has 0 aromatic heterocycles. The minimum Gasteiger partial charge on any atom is -0.378 e. The van der Waals surface area contributed by atoms with Gasteiger partial charge in [-0.3, -0.25) is 19.8 Å². The number of piperazine rings is 1. The molecular formula is C22H34N6O4. The summed E-state index contributed by atoms with van der Waals surface area (Å²) in [6.45, 7) is 9.74. The topological polar surface area (TPSA) is 104 Å². The molecule has 2 heterocycles. The van der Waals surface area contributed by atoms with Crippen molar-refractivity contribution in [2.45, 2.75) is 26.3 Å². The fourth-order valence-electron chi connectivity index (χ4n) is 3.76. The number of nitrogens with one attached hydrogen (secondary N) is 1. The number of hydrogen-bond donors (Lipinski definition) is 1. The number of non-ortho nitro benzene ring substituents is 1. The van der Waals surface area contributed by atoms with Crippen LogP contribution >= 0.6 is 0 Å². The first kappa shape index (κ1) is 23.9. The number of benzene rings is 1. The normalized spacial score (nSPS) is 18.0. The number of nitro groups is 1. The van der Waals surface area contributed by atoms with Crippen LogP contribution in [-0.2, 0) is 16.1 Å². The Hall–Kier alpha value is -2.72. The van der Waals surface area contributed by atoms with Crippen molar-refractivity contribution < 1.29 is 14.5 Å². The molecule has 1 aromatic rings. The molecular weight excluding hydrogens is 412 g/mol. The average Bonchev–Trinajstić information content (AvgIpc) is 2.82. The number of morpholine rings is 1. The number of guanidine groups is 1. The predicted octanol–water partition coefficient (Wildman–Crippen LogP) is 1.32. The van der Waals surface area contributed by atoms with Gasteiger partial charge in [0.15, 0.2) is 5.96 Å². The van der Waals surface area contributed by atoms with Crippen LogP contribution in [0.2, 0.25) is 0 Å². The van der Waals surface area contributed by atoms with E-state index in [1.54, 1.807) is 12.1 Å². The predicted molar refractivity (Wildman–Crippen MR) is 123 cm³/mol. The molecule has 32 heavy (non-hydrogen) atoms. The van der Waals surface area contributed by atoms with E-state index in [2.05, 4.69) is 22.0 Å². The van der Waals surface area contributed by atoms with E-state index < -0.39 is 4.92 Å². The third-order valence-corrected chi connectivity index (χ3v) is 5.77. The van der Waals surface area contributed by atoms with E-state index in [9.17, 15) is 14.9 Å². The molecule has 2 aliphatic heterocycles. The summed E-state index contributed by atoms with van der Waals surface area (Å²) in [6.07, 6.45) is 2.16. The fourth-order valence-corrected chi connectivity index (χ4v) is 3.76. The second kappa shape index (κ2) is 12.4. The number of nitro benzene ring substituents is 1. The Balaban J connectivity index is 1.54. The number of ether oxygens (including phenoxy) is 1. The van der Waals surface area contributed by atoms with E-state index in [-0.39, 0.29) is 11.6 Å². The van der Waals surface area contributed by atoms with Gasteiger partial charge in [-0.15, -0.1) is 0 Å². The van der Waals surface area contributed by atoms with E-state index in [4.69, 9.17) is 9.73 Å². The summed E-state index contributed by atoms with van der Waals surface area (Å²) < 4.78 is 5.33. The Labute approximate surface area is 189 Å². The number of hydrogen-bond acceptors (Lipinski definition) is 6. The highest BCUT2D eigenvalue weighted by atomic mass is 16.6. The number of unbranched alkanes of at least 4 members (excludes halogenated alkanes) is 1. The van der Waals surface area contributed by atoms with Crippen LogP contribution in [0.15, 0.2) is 29.3 Å². The van der Waals surface area contributed by atoms with Gasteiger partial charge >= 0.3 is 0 Å². The minimum absolute atomic E-state index is 0.0850. The number of amides is 1. The highest BCUT2D eigenvalue weighted by molar-refractivity contribution is 5.80. The van der Waals surface area contributed by atoms with Crippen LogP contribution in [-0.4, -0.2) is 97.1 Å². The molecule has 0 spiro atoms. The summed E-state index contributed by atoms with van der Waals surface area (Å²) in [4.78, 5) is 34.1. The zero-order valence-electron chi connectivity index (χ0n) is 18.9. The van der Waals surface area contributed by atoms with Gasteiger partial charge in [-0.05, 0) is 12.0 Å². The Morgan fingerprint density at radius 1 is 1.09 bits per heavy atom. The van der Waals surface area contributed by atoms with E-state index >= 15 is 0 Å². The zero-order chi connectivity index (χ0) is 22.8. The summed E-state index contributed by atoms with van der Waals surface area (Å²) in [7, 11) is 0. The molecule has 1 N–H and O–H groups in total. The van der Waals surface area contributed by atoms with Crippen LogP contribution < -0.4 is 5.32 Å². The van der Waals surface area contributed by atoms with Gasteiger partial charge in [-0.25, -0.2) is 4.99 Å². The lowest BCUT2D eigenvalue weighted by Crippen LogP contribution is -2.55. The molecule has 2 aliphatic rings. The summed E-state index contributed by atoms with van der Waals surface area (Å²) in [6, 6.07) is 6.53. The zero-order valence-corrected chi connectivity index (χ0v) is 18.9. The van der Waals surface area contributed by atoms with Crippen LogP contribution in [0.1, 0.15) is 25.3 Å². The lowest BCUT2D eigenvalue weighted by molar-refractivity contribution is -0.384. The van der Waals surface area contributed by atoms with Gasteiger partial charge in [0.25, 0.3) is 5.69 Å². The van der Waals surface area contributed by atoms with Gasteiger partial charge in [0.05, 0.1) is 31.2 Å². The lowest BCUT2D eigenvalue weighted by Gasteiger charge is -2.37. The van der Waals surface area contributed by atoms with Crippen molar-refractivity contribution in [1.82, 2.24) is 20.0 Å². The van der Waals surface area contributed by atoms with E-state index in [0.717, 1.165) is 57.1 Å². The molecule has 176 valence electrons. The first-order chi connectivity index (χ1) is 15.6. The van der Waals surface area contributed by atoms with Gasteiger partial charge in [-0.2, -0.15) is 0 Å². The highest BCUT2D eigenvalue weighted by Crippen LogP contribution is 2.13. The lowest BCUT2D eigenvalue weighted by atomic mass is 10.2. The fraction of sp³-hybridized carbons (Fsp3) is 0.636. The molecule has 0 unspecified atom stereocenters. The number of aliphatic imine (C=N–C) groups is 1. The molecule has 0 atom stereocenters. The molecule has 0 aliphatic carbocycles. The SMILES string of the molecule is CCCCNC(=NCc1ccc([N+](=O)[O-])cc1)N1CCN(CC(=O)N2CCOCC2)CC1. The van der Waals surface area contributed by atoms with Gasteiger partial charge in [-0.1, -0.05) is 25.5 Å². The second-order valence-electron chi connectivity index (χ2n) is 8.10. The Morgan fingerprint density at radius 3 is 2.41 bits per heavy atom. The van der Waals surface area contributed by atoms with E-state index in [0.29, 0.717) is 39.4 Å². The third kappa shape index (κ3) is 7.16. The summed E-state index contributed by atoms with van der Waals surface area (Å²) in [5.74, 6) is 1.03. The molecule has 0 saturated carbocycles. The summed E-state index contributed by atoms with van der Waals surface area (Å²) in [5, 5.41) is 14.3. The molecule has 1 aromatic carbocycles. The van der Waals surface area contributed by atoms with Crippen molar-refractivity contribution in [1.29, 1.82) is 0 Å². The van der Waals surface area contributed by atoms with Crippen LogP contribution in [0.3, 0.4) is 0 Å². The van der Waals surface area contributed by atoms with Crippen LogP contribution in [0.25, 0.3) is 0 Å². The summed E-state index contributed by atoms with van der Waals surface area (Å²) >= 11 is 0. The quantitative estimate of drug-likeness (QED) is 0.211. The van der Waals surface area contributed by atoms with Gasteiger partial charge in [0.2, 0.25) is 5.91 Å². The van der Waals surface area contributed by atoms with E-state index in [1.807, 2.05) is 4.90 Å². The van der Waals surface area contributed by atoms with Gasteiger partial charge < -0.3 is 19.9 Å². The maximum absolute atomic E-state index is 12.5. The van der Waals surface area contributed by atoms with Gasteiger partial charge in [0, 0.05) is 57.9 Å². The monoisotopic (exact) mass is 446 g/mol. The Morgan fingerprint density at radius 2 is 1.78 bits per heavy atom. The second-order valence-corrected chi connectivity index (χ2v) is 8.10. The molecule has 2 fully saturated rings. The first-order valence-electron chi connectivity index (χ1n) is 11.4. The minimum atomic E-state index is -0.395. The maximum atomic E-state index is 12.5. The molecule has 2 saturated heterocycles. The van der Waals surface area contributed by atoms with Gasteiger partial charge in [0.1, 0.15) is 0 Å². The van der Waals surface area contributed by atoms with Crippen molar-refractivity contribution in [3.63, 3.8) is 0 Å². The highest BCUT2D eigenvalue weighted by Gasteiger charge is 2.24. The maximum Gasteiger partial charge on any atom is 0.269 e. The van der Waals surface area contributed by atoms with Crippen molar-refractivity contribution in [2.75, 3.05) is 65.6 Å². The molecule has 0 bridgehead atoms. The standard InChI is InChI=1S/C22H34N6O4/c1-2-3-8-23-22(24-17-19-4-6-20(7-5-19)28(30)31)27-11-9-25(10-12-27)18-21(29)26-13-15-32-16-14-26/h4-7H,2-3,8-18H2,1H3,(H,23,24). The number of carbonyl (C=O) groups is 1. The summed E-state index contributed by atoms with van der Waals surface area (Å²) in [5.41, 5.74) is 1.02. The Bertz CT molecular complexity index is 771. The number of nitrogens with zero attached hydrogens (tertiary/aromatic N) is 5. The Kier molecular flexibility index (Phi) is 9.24. The molecule has 0 radical (unpaired) electrons. The number of rotatable bonds is 8. The third-order valence-electron chi connectivity index (χ3n) is 5.77. The van der Waals surface area contributed by atoms with Crippen molar-refractivity contribution in [3.8, 4) is 0 Å². The van der Waals surface area contributed by atoms with Crippen LogP contribution in [0.5, 0.6) is 0 Å². The van der Waals surface area contributed by atoms with Crippen molar-refractivity contribution in [2.24, 2.45) is 4.99 Å². The molecule has 3 rings (SSSR count). The van der Waals surface area contributed by atoms with Crippen molar-refractivity contribution >= 4 is 17.6 Å². The van der Waals surface area contributed by atoms with E-state index in [1.165, 1.54) is 12.1 Å². The van der Waals surface area contributed by atoms with Crippen molar-refractivity contribution in [3.05, 3.63) is 39.9 Å². The first-order valence-corrected chi connectivity index (χ1v) is 11.4. The molecule has 10 heteroatoms. The van der Waals surface area contributed by atoms with Crippen LogP contribution in [0.4, 0.5) is 5.69 Å². The molecule has 10 nitrogen and oxygen atoms in total. The smallest absolute Gasteiger partial charge is 0.269 e. The number of carbonyl (C=O) groups excluding carboxylic acids is 1. The van der Waals surface area contributed by atoms with Crippen LogP contribution in [0, 0.1) is 10.1 Å².